The second-order valence-corrected chi connectivity index (χ2v) is 5.85. The van der Waals surface area contributed by atoms with Crippen LogP contribution < -0.4 is 0 Å². The Morgan fingerprint density at radius 2 is 1.59 bits per heavy atom. The van der Waals surface area contributed by atoms with Gasteiger partial charge in [-0.3, -0.25) is 9.67 Å². The SMILES string of the molecule is Cc1nc(C(C)(C)C)c(C)c2c1c(C)nn2C. The maximum Gasteiger partial charge on any atom is 0.0747 e. The fourth-order valence-corrected chi connectivity index (χ4v) is 2.67. The molecule has 0 aliphatic rings. The molecular formula is C14H21N3. The van der Waals surface area contributed by atoms with Crippen LogP contribution in [0, 0.1) is 20.8 Å². The van der Waals surface area contributed by atoms with Gasteiger partial charge >= 0.3 is 0 Å². The lowest BCUT2D eigenvalue weighted by Crippen LogP contribution is -2.17. The van der Waals surface area contributed by atoms with Gasteiger partial charge in [0.15, 0.2) is 0 Å². The quantitative estimate of drug-likeness (QED) is 0.697. The summed E-state index contributed by atoms with van der Waals surface area (Å²) in [6.07, 6.45) is 0. The molecule has 3 heteroatoms. The highest BCUT2D eigenvalue weighted by atomic mass is 15.3. The lowest BCUT2D eigenvalue weighted by Gasteiger charge is -2.21. The Bertz CT molecular complexity index is 586. The van der Waals surface area contributed by atoms with Crippen LogP contribution in [0.2, 0.25) is 0 Å². The van der Waals surface area contributed by atoms with Crippen LogP contribution in [0.1, 0.15) is 43.4 Å². The highest BCUT2D eigenvalue weighted by Gasteiger charge is 2.23. The fourth-order valence-electron chi connectivity index (χ4n) is 2.67. The molecule has 92 valence electrons. The Hall–Kier alpha value is -1.38. The van der Waals surface area contributed by atoms with Crippen LogP contribution >= 0.6 is 0 Å². The van der Waals surface area contributed by atoms with Gasteiger partial charge in [0.25, 0.3) is 0 Å². The molecule has 0 fully saturated rings. The number of aryl methyl sites for hydroxylation is 4. The molecule has 0 N–H and O–H groups in total. The van der Waals surface area contributed by atoms with E-state index in [4.69, 9.17) is 4.98 Å². The summed E-state index contributed by atoms with van der Waals surface area (Å²) in [5.74, 6) is 0. The van der Waals surface area contributed by atoms with Crippen molar-refractivity contribution >= 4 is 10.9 Å². The molecule has 0 aliphatic heterocycles. The summed E-state index contributed by atoms with van der Waals surface area (Å²) < 4.78 is 1.98. The van der Waals surface area contributed by atoms with Crippen LogP contribution in [0.5, 0.6) is 0 Å². The number of hydrogen-bond donors (Lipinski definition) is 0. The first-order valence-corrected chi connectivity index (χ1v) is 6.04. The summed E-state index contributed by atoms with van der Waals surface area (Å²) in [5, 5.41) is 5.72. The van der Waals surface area contributed by atoms with Crippen molar-refractivity contribution in [3.8, 4) is 0 Å². The molecular weight excluding hydrogens is 210 g/mol. The first-order valence-electron chi connectivity index (χ1n) is 6.04. The average Bonchev–Trinajstić information content (AvgIpc) is 2.46. The minimum atomic E-state index is 0.0706. The third-order valence-electron chi connectivity index (χ3n) is 3.28. The third-order valence-corrected chi connectivity index (χ3v) is 3.28. The molecule has 17 heavy (non-hydrogen) atoms. The summed E-state index contributed by atoms with van der Waals surface area (Å²) in [4.78, 5) is 4.79. The van der Waals surface area contributed by atoms with Crippen LogP contribution in [0.25, 0.3) is 10.9 Å². The van der Waals surface area contributed by atoms with Gasteiger partial charge in [-0.1, -0.05) is 20.8 Å². The molecule has 0 saturated heterocycles. The molecule has 0 spiro atoms. The molecule has 3 nitrogen and oxygen atoms in total. The van der Waals surface area contributed by atoms with Crippen molar-refractivity contribution in [1.29, 1.82) is 0 Å². The Morgan fingerprint density at radius 1 is 1.00 bits per heavy atom. The topological polar surface area (TPSA) is 30.7 Å². The molecule has 0 saturated carbocycles. The Labute approximate surface area is 103 Å². The van der Waals surface area contributed by atoms with E-state index in [0.29, 0.717) is 0 Å². The van der Waals surface area contributed by atoms with Crippen LogP contribution in [0.3, 0.4) is 0 Å². The fraction of sp³-hybridized carbons (Fsp3) is 0.571. The lowest BCUT2D eigenvalue weighted by atomic mass is 9.87. The Morgan fingerprint density at radius 3 is 2.12 bits per heavy atom. The minimum absolute atomic E-state index is 0.0706. The monoisotopic (exact) mass is 231 g/mol. The zero-order chi connectivity index (χ0) is 13.0. The van der Waals surface area contributed by atoms with Crippen molar-refractivity contribution < 1.29 is 0 Å². The summed E-state index contributed by atoms with van der Waals surface area (Å²) in [6, 6.07) is 0. The molecule has 2 aromatic heterocycles. The zero-order valence-electron chi connectivity index (χ0n) is 11.8. The van der Waals surface area contributed by atoms with E-state index < -0.39 is 0 Å². The molecule has 2 aromatic rings. The maximum atomic E-state index is 4.79. The number of fused-ring (bicyclic) bond motifs is 1. The van der Waals surface area contributed by atoms with Gasteiger partial charge in [-0.25, -0.2) is 0 Å². The second kappa shape index (κ2) is 3.56. The summed E-state index contributed by atoms with van der Waals surface area (Å²) in [5.41, 5.74) is 5.87. The summed E-state index contributed by atoms with van der Waals surface area (Å²) in [7, 11) is 2.01. The van der Waals surface area contributed by atoms with Crippen molar-refractivity contribution in [2.75, 3.05) is 0 Å². The number of nitrogens with zero attached hydrogens (tertiary/aromatic N) is 3. The van der Waals surface area contributed by atoms with Crippen molar-refractivity contribution in [3.63, 3.8) is 0 Å². The Kier molecular flexibility index (Phi) is 2.53. The largest absolute Gasteiger partial charge is 0.267 e. The molecule has 0 aromatic carbocycles. The maximum absolute atomic E-state index is 4.79. The van der Waals surface area contributed by atoms with Gasteiger partial charge in [0.05, 0.1) is 16.9 Å². The van der Waals surface area contributed by atoms with Crippen molar-refractivity contribution in [2.45, 2.75) is 47.0 Å². The molecule has 0 radical (unpaired) electrons. The van der Waals surface area contributed by atoms with Gasteiger partial charge in [0.1, 0.15) is 0 Å². The predicted molar refractivity (Wildman–Crippen MR) is 71.4 cm³/mol. The molecule has 2 rings (SSSR count). The molecule has 2 heterocycles. The number of aromatic nitrogens is 3. The van der Waals surface area contributed by atoms with Crippen LogP contribution in [0.4, 0.5) is 0 Å². The Balaban J connectivity index is 2.95. The van der Waals surface area contributed by atoms with Crippen molar-refractivity contribution in [3.05, 3.63) is 22.6 Å². The van der Waals surface area contributed by atoms with Crippen molar-refractivity contribution in [1.82, 2.24) is 14.8 Å². The van der Waals surface area contributed by atoms with E-state index in [9.17, 15) is 0 Å². The first kappa shape index (κ1) is 12.1. The smallest absolute Gasteiger partial charge is 0.0747 e. The van der Waals surface area contributed by atoms with Gasteiger partial charge < -0.3 is 0 Å². The molecule has 0 unspecified atom stereocenters. The highest BCUT2D eigenvalue weighted by molar-refractivity contribution is 5.87. The van der Waals surface area contributed by atoms with Gasteiger partial charge in [-0.2, -0.15) is 5.10 Å². The van der Waals surface area contributed by atoms with Gasteiger partial charge in [0, 0.05) is 23.5 Å². The second-order valence-electron chi connectivity index (χ2n) is 5.85. The van der Waals surface area contributed by atoms with E-state index in [2.05, 4.69) is 39.7 Å². The van der Waals surface area contributed by atoms with E-state index in [1.165, 1.54) is 22.2 Å². The zero-order valence-corrected chi connectivity index (χ0v) is 11.8. The van der Waals surface area contributed by atoms with Gasteiger partial charge in [0.2, 0.25) is 0 Å². The standard InChI is InChI=1S/C14H21N3/c1-8-12-11(10(3)16-17(12)7)9(2)15-13(8)14(4,5)6/h1-7H3. The van der Waals surface area contributed by atoms with E-state index in [1.54, 1.807) is 0 Å². The molecule has 0 atom stereocenters. The van der Waals surface area contributed by atoms with E-state index >= 15 is 0 Å². The summed E-state index contributed by atoms with van der Waals surface area (Å²) >= 11 is 0. The highest BCUT2D eigenvalue weighted by Crippen LogP contribution is 2.31. The average molecular weight is 231 g/mol. The van der Waals surface area contributed by atoms with Gasteiger partial charge in [-0.05, 0) is 26.3 Å². The van der Waals surface area contributed by atoms with E-state index in [1.807, 2.05) is 18.7 Å². The summed E-state index contributed by atoms with van der Waals surface area (Å²) in [6.45, 7) is 12.9. The van der Waals surface area contributed by atoms with Crippen LogP contribution in [-0.2, 0) is 12.5 Å². The number of hydrogen-bond acceptors (Lipinski definition) is 2. The number of rotatable bonds is 0. The number of pyridine rings is 1. The van der Waals surface area contributed by atoms with E-state index in [0.717, 1.165) is 11.4 Å². The molecule has 0 aliphatic carbocycles. The lowest BCUT2D eigenvalue weighted by molar-refractivity contribution is 0.563. The first-order chi connectivity index (χ1) is 7.73. The van der Waals surface area contributed by atoms with Crippen molar-refractivity contribution in [2.24, 2.45) is 7.05 Å². The normalized spacial score (nSPS) is 12.4. The van der Waals surface area contributed by atoms with Crippen LogP contribution in [0.15, 0.2) is 0 Å². The molecule has 0 bridgehead atoms. The van der Waals surface area contributed by atoms with Gasteiger partial charge in [-0.15, -0.1) is 0 Å². The van der Waals surface area contributed by atoms with Crippen LogP contribution in [-0.4, -0.2) is 14.8 Å². The minimum Gasteiger partial charge on any atom is -0.267 e. The predicted octanol–water partition coefficient (Wildman–Crippen LogP) is 3.19. The van der Waals surface area contributed by atoms with E-state index in [-0.39, 0.29) is 5.41 Å². The molecule has 0 amide bonds. The third kappa shape index (κ3) is 1.74.